The molecule has 1 aromatic rings. The van der Waals surface area contributed by atoms with Gasteiger partial charge in [-0.05, 0) is 11.1 Å². The van der Waals surface area contributed by atoms with Gasteiger partial charge < -0.3 is 10.5 Å². The lowest BCUT2D eigenvalue weighted by Gasteiger charge is -2.29. The van der Waals surface area contributed by atoms with E-state index in [0.717, 1.165) is 11.1 Å². The van der Waals surface area contributed by atoms with Gasteiger partial charge in [-0.15, -0.1) is 12.4 Å². The van der Waals surface area contributed by atoms with Crippen molar-refractivity contribution in [2.45, 2.75) is 18.8 Å². The van der Waals surface area contributed by atoms with Gasteiger partial charge in [-0.1, -0.05) is 24.3 Å². The second-order valence-electron chi connectivity index (χ2n) is 3.23. The Hall–Kier alpha value is -0.640. The lowest BCUT2D eigenvalue weighted by atomic mass is 9.95. The predicted molar refractivity (Wildman–Crippen MR) is 55.2 cm³/mol. The Morgan fingerprint density at radius 3 is 2.86 bits per heavy atom. The van der Waals surface area contributed by atoms with Crippen LogP contribution in [0.2, 0.25) is 0 Å². The van der Waals surface area contributed by atoms with Crippen molar-refractivity contribution in [3.63, 3.8) is 0 Å². The zero-order valence-electron chi connectivity index (χ0n) is 7.65. The first-order valence-corrected chi connectivity index (χ1v) is 4.34. The molecule has 0 aliphatic carbocycles. The number of nitrogens with two attached hydrogens (primary N) is 1. The van der Waals surface area contributed by atoms with Crippen LogP contribution < -0.4 is 5.73 Å². The Bertz CT molecular complexity index is 308. The second-order valence-corrected chi connectivity index (χ2v) is 3.23. The fourth-order valence-corrected chi connectivity index (χ4v) is 1.63. The third kappa shape index (κ3) is 1.90. The normalized spacial score (nSPS) is 25.0. The molecule has 2 N–H and O–H groups in total. The molecule has 0 aromatic heterocycles. The molecule has 1 aliphatic rings. The van der Waals surface area contributed by atoms with E-state index in [0.29, 0.717) is 6.61 Å². The summed E-state index contributed by atoms with van der Waals surface area (Å²) in [5, 5.41) is 0. The van der Waals surface area contributed by atoms with E-state index < -0.39 is 12.8 Å². The predicted octanol–water partition coefficient (Wildman–Crippen LogP) is 1.98. The second kappa shape index (κ2) is 4.73. The molecule has 1 aromatic carbocycles. The van der Waals surface area contributed by atoms with E-state index in [-0.39, 0.29) is 18.4 Å². The van der Waals surface area contributed by atoms with E-state index in [9.17, 15) is 4.39 Å². The number of ether oxygens (including phenoxy) is 1. The number of benzene rings is 1. The van der Waals surface area contributed by atoms with E-state index >= 15 is 0 Å². The molecule has 0 amide bonds. The minimum Gasteiger partial charge on any atom is -0.369 e. The van der Waals surface area contributed by atoms with Gasteiger partial charge in [0.25, 0.3) is 0 Å². The van der Waals surface area contributed by atoms with E-state index in [1.807, 2.05) is 24.3 Å². The first kappa shape index (κ1) is 11.4. The molecular formula is C10H13ClFNO. The van der Waals surface area contributed by atoms with Gasteiger partial charge in [-0.3, -0.25) is 0 Å². The van der Waals surface area contributed by atoms with Gasteiger partial charge in [0.2, 0.25) is 0 Å². The van der Waals surface area contributed by atoms with Gasteiger partial charge in [0.05, 0.1) is 12.6 Å². The summed E-state index contributed by atoms with van der Waals surface area (Å²) in [7, 11) is 0. The highest BCUT2D eigenvalue weighted by Crippen LogP contribution is 2.27. The third-order valence-corrected chi connectivity index (χ3v) is 2.42. The van der Waals surface area contributed by atoms with E-state index in [1.165, 1.54) is 0 Å². The topological polar surface area (TPSA) is 35.2 Å². The Labute approximate surface area is 88.7 Å². The molecule has 0 radical (unpaired) electrons. The minimum atomic E-state index is -0.518. The molecule has 2 atom stereocenters. The molecule has 0 spiro atoms. The van der Waals surface area contributed by atoms with Crippen LogP contribution in [0.25, 0.3) is 0 Å². The monoisotopic (exact) mass is 217 g/mol. The highest BCUT2D eigenvalue weighted by atomic mass is 35.5. The first-order valence-electron chi connectivity index (χ1n) is 4.34. The molecule has 0 bridgehead atoms. The van der Waals surface area contributed by atoms with E-state index in [1.54, 1.807) is 0 Å². The Kier molecular flexibility index (Phi) is 3.86. The van der Waals surface area contributed by atoms with Crippen molar-refractivity contribution in [3.8, 4) is 0 Å². The number of rotatable bonds is 1. The van der Waals surface area contributed by atoms with Crippen molar-refractivity contribution in [1.82, 2.24) is 0 Å². The summed E-state index contributed by atoms with van der Waals surface area (Å²) < 4.78 is 17.7. The van der Waals surface area contributed by atoms with Crippen LogP contribution in [0.3, 0.4) is 0 Å². The van der Waals surface area contributed by atoms with Gasteiger partial charge in [0, 0.05) is 0 Å². The average molecular weight is 218 g/mol. The van der Waals surface area contributed by atoms with Crippen molar-refractivity contribution in [3.05, 3.63) is 35.4 Å². The van der Waals surface area contributed by atoms with Gasteiger partial charge in [-0.25, -0.2) is 4.39 Å². The molecule has 0 saturated carbocycles. The average Bonchev–Trinajstić information content (AvgIpc) is 2.19. The molecular weight excluding hydrogens is 205 g/mol. The van der Waals surface area contributed by atoms with Gasteiger partial charge in [0.1, 0.15) is 12.8 Å². The summed E-state index contributed by atoms with van der Waals surface area (Å²) >= 11 is 0. The summed E-state index contributed by atoms with van der Waals surface area (Å²) in [4.78, 5) is 0. The molecule has 1 heterocycles. The zero-order valence-corrected chi connectivity index (χ0v) is 8.47. The van der Waals surface area contributed by atoms with Crippen LogP contribution in [0.1, 0.15) is 17.2 Å². The minimum absolute atomic E-state index is 0. The van der Waals surface area contributed by atoms with Crippen molar-refractivity contribution < 1.29 is 9.13 Å². The summed E-state index contributed by atoms with van der Waals surface area (Å²) in [6, 6.07) is 7.42. The maximum absolute atomic E-state index is 12.4. The van der Waals surface area contributed by atoms with Crippen molar-refractivity contribution in [2.24, 2.45) is 5.73 Å². The molecule has 4 heteroatoms. The molecule has 2 nitrogen and oxygen atoms in total. The van der Waals surface area contributed by atoms with Crippen LogP contribution in [0.4, 0.5) is 4.39 Å². The van der Waals surface area contributed by atoms with Gasteiger partial charge in [-0.2, -0.15) is 0 Å². The quantitative estimate of drug-likeness (QED) is 0.781. The van der Waals surface area contributed by atoms with Crippen LogP contribution >= 0.6 is 12.4 Å². The lowest BCUT2D eigenvalue weighted by molar-refractivity contribution is -0.00557. The summed E-state index contributed by atoms with van der Waals surface area (Å²) in [6.45, 7) is -0.0477. The molecule has 0 fully saturated rings. The number of alkyl halides is 1. The van der Waals surface area contributed by atoms with Gasteiger partial charge >= 0.3 is 0 Å². The molecule has 2 rings (SSSR count). The smallest absolute Gasteiger partial charge is 0.117 e. The first-order chi connectivity index (χ1) is 6.33. The fourth-order valence-electron chi connectivity index (χ4n) is 1.63. The number of hydrogen-bond acceptors (Lipinski definition) is 2. The van der Waals surface area contributed by atoms with Crippen molar-refractivity contribution >= 4 is 12.4 Å². The molecule has 0 saturated heterocycles. The maximum atomic E-state index is 12.4. The van der Waals surface area contributed by atoms with Crippen molar-refractivity contribution in [1.29, 1.82) is 0 Å². The SMILES string of the molecule is Cl.N[C@H]1c2ccccc2CO[C@H]1CF. The molecule has 1 aliphatic heterocycles. The highest BCUT2D eigenvalue weighted by molar-refractivity contribution is 5.85. The van der Waals surface area contributed by atoms with Crippen LogP contribution in [0, 0.1) is 0 Å². The Morgan fingerprint density at radius 2 is 2.14 bits per heavy atom. The number of hydrogen-bond donors (Lipinski definition) is 1. The van der Waals surface area contributed by atoms with Crippen molar-refractivity contribution in [2.75, 3.05) is 6.67 Å². The fraction of sp³-hybridized carbons (Fsp3) is 0.400. The summed E-state index contributed by atoms with van der Waals surface area (Å²) in [5.41, 5.74) is 7.92. The molecule has 14 heavy (non-hydrogen) atoms. The summed E-state index contributed by atoms with van der Waals surface area (Å²) in [6.07, 6.45) is -0.477. The zero-order chi connectivity index (χ0) is 9.26. The van der Waals surface area contributed by atoms with E-state index in [2.05, 4.69) is 0 Å². The summed E-state index contributed by atoms with van der Waals surface area (Å²) in [5.74, 6) is 0. The Morgan fingerprint density at radius 1 is 1.43 bits per heavy atom. The number of fused-ring (bicyclic) bond motifs is 1. The van der Waals surface area contributed by atoms with Crippen LogP contribution in [-0.2, 0) is 11.3 Å². The molecule has 78 valence electrons. The largest absolute Gasteiger partial charge is 0.369 e. The third-order valence-electron chi connectivity index (χ3n) is 2.42. The maximum Gasteiger partial charge on any atom is 0.117 e. The lowest BCUT2D eigenvalue weighted by Crippen LogP contribution is -2.35. The number of halogens is 2. The standard InChI is InChI=1S/C10H12FNO.ClH/c11-5-9-10(12)8-4-2-1-3-7(8)6-13-9;/h1-4,9-10H,5-6,12H2;1H/t9-,10-;/m0./s1. The van der Waals surface area contributed by atoms with Crippen LogP contribution in [0.5, 0.6) is 0 Å². The van der Waals surface area contributed by atoms with Crippen LogP contribution in [0.15, 0.2) is 24.3 Å². The highest BCUT2D eigenvalue weighted by Gasteiger charge is 2.26. The Balaban J connectivity index is 0.000000980. The van der Waals surface area contributed by atoms with E-state index in [4.69, 9.17) is 10.5 Å². The van der Waals surface area contributed by atoms with Crippen LogP contribution in [-0.4, -0.2) is 12.8 Å². The molecule has 0 unspecified atom stereocenters. The van der Waals surface area contributed by atoms with Gasteiger partial charge in [0.15, 0.2) is 0 Å².